The minimum absolute atomic E-state index is 0.00303. The minimum atomic E-state index is -3.31. The van der Waals surface area contributed by atoms with Crippen molar-refractivity contribution >= 4 is 43.5 Å². The van der Waals surface area contributed by atoms with E-state index in [1.165, 1.54) is 6.08 Å². The number of hydrogen-bond donors (Lipinski definition) is 1. The van der Waals surface area contributed by atoms with Crippen LogP contribution < -0.4 is 4.72 Å². The van der Waals surface area contributed by atoms with Crippen molar-refractivity contribution in [1.29, 1.82) is 0 Å². The average molecular weight is 394 g/mol. The zero-order valence-corrected chi connectivity index (χ0v) is 14.9. The number of ketones is 1. The second-order valence-corrected chi connectivity index (χ2v) is 7.76. The Morgan fingerprint density at radius 3 is 2.48 bits per heavy atom. The van der Waals surface area contributed by atoms with Gasteiger partial charge in [0.25, 0.3) is 0 Å². The molecule has 2 aromatic rings. The third-order valence-corrected chi connectivity index (χ3v) is 4.90. The largest absolute Gasteiger partial charge is 0.289 e. The Balaban J connectivity index is 2.08. The minimum Gasteiger partial charge on any atom is -0.289 e. The van der Waals surface area contributed by atoms with E-state index in [1.54, 1.807) is 37.3 Å². The highest BCUT2D eigenvalue weighted by Gasteiger charge is 2.07. The maximum Gasteiger partial charge on any atom is 0.232 e. The zero-order chi connectivity index (χ0) is 16.9. The van der Waals surface area contributed by atoms with Crippen LogP contribution in [0.15, 0.2) is 59.1 Å². The summed E-state index contributed by atoms with van der Waals surface area (Å²) in [5.74, 6) is -0.141. The first kappa shape index (κ1) is 17.4. The maximum absolute atomic E-state index is 12.1. The van der Waals surface area contributed by atoms with Gasteiger partial charge in [0.2, 0.25) is 10.0 Å². The summed E-state index contributed by atoms with van der Waals surface area (Å²) in [6.07, 6.45) is 3.23. The highest BCUT2D eigenvalue weighted by molar-refractivity contribution is 9.10. The quantitative estimate of drug-likeness (QED) is 0.593. The lowest BCUT2D eigenvalue weighted by Gasteiger charge is -2.06. The van der Waals surface area contributed by atoms with Crippen LogP contribution in [0.4, 0.5) is 5.69 Å². The van der Waals surface area contributed by atoms with Gasteiger partial charge in [0, 0.05) is 15.7 Å². The Hall–Kier alpha value is -1.92. The van der Waals surface area contributed by atoms with Crippen LogP contribution in [0.1, 0.15) is 22.8 Å². The van der Waals surface area contributed by atoms with Gasteiger partial charge in [0.05, 0.1) is 5.75 Å². The number of sulfonamides is 1. The Bertz CT molecular complexity index is 827. The van der Waals surface area contributed by atoms with E-state index < -0.39 is 10.0 Å². The number of nitrogens with one attached hydrogen (secondary N) is 1. The van der Waals surface area contributed by atoms with E-state index in [9.17, 15) is 13.2 Å². The molecule has 0 saturated heterocycles. The molecule has 0 aliphatic heterocycles. The van der Waals surface area contributed by atoms with Gasteiger partial charge in [-0.05, 0) is 55.0 Å². The molecule has 0 fully saturated rings. The zero-order valence-electron chi connectivity index (χ0n) is 12.5. The molecule has 120 valence electrons. The van der Waals surface area contributed by atoms with Crippen LogP contribution in [0.25, 0.3) is 6.08 Å². The van der Waals surface area contributed by atoms with Gasteiger partial charge in [-0.2, -0.15) is 0 Å². The normalized spacial score (nSPS) is 11.6. The van der Waals surface area contributed by atoms with E-state index in [0.717, 1.165) is 10.0 Å². The molecule has 6 heteroatoms. The number of rotatable bonds is 6. The third kappa shape index (κ3) is 5.33. The van der Waals surface area contributed by atoms with E-state index >= 15 is 0 Å². The van der Waals surface area contributed by atoms with E-state index in [2.05, 4.69) is 20.7 Å². The van der Waals surface area contributed by atoms with Crippen LogP contribution in [-0.2, 0) is 10.0 Å². The smallest absolute Gasteiger partial charge is 0.232 e. The average Bonchev–Trinajstić information content (AvgIpc) is 2.53. The van der Waals surface area contributed by atoms with Crippen molar-refractivity contribution in [3.05, 3.63) is 70.2 Å². The van der Waals surface area contributed by atoms with Gasteiger partial charge in [-0.25, -0.2) is 8.42 Å². The molecular formula is C17H16BrNO3S. The van der Waals surface area contributed by atoms with Gasteiger partial charge >= 0.3 is 0 Å². The Morgan fingerprint density at radius 2 is 1.87 bits per heavy atom. The Labute approximate surface area is 144 Å². The van der Waals surface area contributed by atoms with Crippen molar-refractivity contribution in [3.63, 3.8) is 0 Å². The molecule has 0 saturated carbocycles. The molecule has 0 atom stereocenters. The van der Waals surface area contributed by atoms with Gasteiger partial charge in [-0.15, -0.1) is 0 Å². The van der Waals surface area contributed by atoms with Gasteiger partial charge in [0.1, 0.15) is 0 Å². The molecular weight excluding hydrogens is 378 g/mol. The van der Waals surface area contributed by atoms with E-state index in [-0.39, 0.29) is 11.5 Å². The summed E-state index contributed by atoms with van der Waals surface area (Å²) < 4.78 is 26.3. The predicted molar refractivity (Wildman–Crippen MR) is 97.0 cm³/mol. The molecule has 0 amide bonds. The van der Waals surface area contributed by atoms with Crippen LogP contribution >= 0.6 is 15.9 Å². The van der Waals surface area contributed by atoms with E-state index in [0.29, 0.717) is 11.3 Å². The molecule has 1 N–H and O–H groups in total. The van der Waals surface area contributed by atoms with E-state index in [4.69, 9.17) is 0 Å². The van der Waals surface area contributed by atoms with Crippen LogP contribution in [-0.4, -0.2) is 20.0 Å². The van der Waals surface area contributed by atoms with Crippen molar-refractivity contribution in [2.75, 3.05) is 10.5 Å². The number of hydrogen-bond acceptors (Lipinski definition) is 3. The predicted octanol–water partition coefficient (Wildman–Crippen LogP) is 4.11. The number of halogens is 1. The lowest BCUT2D eigenvalue weighted by molar-refractivity contribution is 0.104. The third-order valence-electron chi connectivity index (χ3n) is 3.10. The molecule has 0 aromatic heterocycles. The standard InChI is InChI=1S/C17H16BrNO3S/c1-2-23(21,22)19-16-9-7-14(8-10-16)17(20)11-6-13-4-3-5-15(18)12-13/h3-12,19H,2H2,1H3. The summed E-state index contributed by atoms with van der Waals surface area (Å²) in [5, 5.41) is 0. The summed E-state index contributed by atoms with van der Waals surface area (Å²) in [7, 11) is -3.31. The fraction of sp³-hybridized carbons (Fsp3) is 0.118. The monoisotopic (exact) mass is 393 g/mol. The summed E-state index contributed by atoms with van der Waals surface area (Å²) in [6.45, 7) is 1.56. The molecule has 2 rings (SSSR count). The maximum atomic E-state index is 12.1. The fourth-order valence-corrected chi connectivity index (χ4v) is 2.89. The van der Waals surface area contributed by atoms with Crippen molar-refractivity contribution in [1.82, 2.24) is 0 Å². The van der Waals surface area contributed by atoms with Crippen molar-refractivity contribution < 1.29 is 13.2 Å². The topological polar surface area (TPSA) is 63.2 Å². The van der Waals surface area contributed by atoms with Crippen molar-refractivity contribution in [2.24, 2.45) is 0 Å². The van der Waals surface area contributed by atoms with Gasteiger partial charge in [-0.1, -0.05) is 34.1 Å². The summed E-state index contributed by atoms with van der Waals surface area (Å²) in [4.78, 5) is 12.1. The van der Waals surface area contributed by atoms with E-state index in [1.807, 2.05) is 24.3 Å². The molecule has 0 bridgehead atoms. The number of carbonyl (C=O) groups is 1. The van der Waals surface area contributed by atoms with Crippen LogP contribution in [0.5, 0.6) is 0 Å². The molecule has 0 unspecified atom stereocenters. The molecule has 4 nitrogen and oxygen atoms in total. The molecule has 23 heavy (non-hydrogen) atoms. The van der Waals surface area contributed by atoms with Gasteiger partial charge < -0.3 is 0 Å². The second kappa shape index (κ2) is 7.57. The highest BCUT2D eigenvalue weighted by Crippen LogP contribution is 2.15. The SMILES string of the molecule is CCS(=O)(=O)Nc1ccc(C(=O)C=Cc2cccc(Br)c2)cc1. The number of allylic oxidation sites excluding steroid dienone is 1. The first-order chi connectivity index (χ1) is 10.9. The second-order valence-electron chi connectivity index (χ2n) is 4.84. The Kier molecular flexibility index (Phi) is 5.74. The summed E-state index contributed by atoms with van der Waals surface area (Å²) >= 11 is 3.38. The van der Waals surface area contributed by atoms with Crippen LogP contribution in [0.2, 0.25) is 0 Å². The Morgan fingerprint density at radius 1 is 1.17 bits per heavy atom. The molecule has 0 aliphatic rings. The molecule has 0 radical (unpaired) electrons. The first-order valence-corrected chi connectivity index (χ1v) is 9.43. The lowest BCUT2D eigenvalue weighted by atomic mass is 10.1. The lowest BCUT2D eigenvalue weighted by Crippen LogP contribution is -2.14. The van der Waals surface area contributed by atoms with Crippen LogP contribution in [0, 0.1) is 0 Å². The molecule has 2 aromatic carbocycles. The number of anilines is 1. The van der Waals surface area contributed by atoms with Gasteiger partial charge in [-0.3, -0.25) is 9.52 Å². The summed E-state index contributed by atoms with van der Waals surface area (Å²) in [6, 6.07) is 14.0. The number of carbonyl (C=O) groups excluding carboxylic acids is 1. The number of benzene rings is 2. The van der Waals surface area contributed by atoms with Crippen LogP contribution in [0.3, 0.4) is 0 Å². The van der Waals surface area contributed by atoms with Crippen molar-refractivity contribution in [2.45, 2.75) is 6.92 Å². The summed E-state index contributed by atoms with van der Waals surface area (Å²) in [5.41, 5.74) is 1.86. The molecule has 0 aliphatic carbocycles. The highest BCUT2D eigenvalue weighted by atomic mass is 79.9. The molecule has 0 heterocycles. The van der Waals surface area contributed by atoms with Gasteiger partial charge in [0.15, 0.2) is 5.78 Å². The first-order valence-electron chi connectivity index (χ1n) is 6.98. The van der Waals surface area contributed by atoms with Crippen molar-refractivity contribution in [3.8, 4) is 0 Å². The molecule has 0 spiro atoms. The fourth-order valence-electron chi connectivity index (χ4n) is 1.83.